The maximum absolute atomic E-state index is 13.1. The van der Waals surface area contributed by atoms with Gasteiger partial charge in [-0.05, 0) is 42.0 Å². The first kappa shape index (κ1) is 22.8. The Labute approximate surface area is 195 Å². The Kier molecular flexibility index (Phi) is 6.92. The minimum Gasteiger partial charge on any atom is -0.465 e. The maximum Gasteiger partial charge on any atom is 0.313 e. The molecule has 172 valence electrons. The van der Waals surface area contributed by atoms with E-state index in [9.17, 15) is 9.59 Å². The lowest BCUT2D eigenvalue weighted by Crippen LogP contribution is -2.34. The third-order valence-electron chi connectivity index (χ3n) is 6.31. The highest BCUT2D eigenvalue weighted by atomic mass is 16.5. The molecule has 1 aromatic carbocycles. The van der Waals surface area contributed by atoms with E-state index in [1.807, 2.05) is 35.2 Å². The number of allylic oxidation sites excluding steroid dienone is 4. The minimum absolute atomic E-state index is 0.00644. The number of hydrogen-bond donors (Lipinski definition) is 1. The lowest BCUT2D eigenvalue weighted by atomic mass is 9.88. The fraction of sp³-hybridized carbons (Fsp3) is 0.370. The summed E-state index contributed by atoms with van der Waals surface area (Å²) in [5.41, 5.74) is 10.9. The van der Waals surface area contributed by atoms with Gasteiger partial charge in [-0.3, -0.25) is 9.59 Å². The molecule has 0 radical (unpaired) electrons. The molecule has 2 heterocycles. The van der Waals surface area contributed by atoms with Crippen LogP contribution in [-0.4, -0.2) is 42.3 Å². The van der Waals surface area contributed by atoms with Gasteiger partial charge in [0.15, 0.2) is 0 Å². The number of rotatable bonds is 7. The lowest BCUT2D eigenvalue weighted by Gasteiger charge is -2.22. The van der Waals surface area contributed by atoms with Crippen molar-refractivity contribution in [1.29, 1.82) is 0 Å². The summed E-state index contributed by atoms with van der Waals surface area (Å²) in [7, 11) is 0. The Morgan fingerprint density at radius 1 is 1.33 bits per heavy atom. The van der Waals surface area contributed by atoms with Crippen molar-refractivity contribution < 1.29 is 14.3 Å². The normalized spacial score (nSPS) is 22.2. The van der Waals surface area contributed by atoms with Gasteiger partial charge in [0.2, 0.25) is 5.91 Å². The molecule has 1 aromatic rings. The van der Waals surface area contributed by atoms with Gasteiger partial charge >= 0.3 is 5.97 Å². The molecule has 6 heteroatoms. The lowest BCUT2D eigenvalue weighted by molar-refractivity contribution is -0.139. The number of esters is 1. The SMILES string of the molecule is C=CCN(CCC)C(=O)C1=CC2CC=C(c3ccc(C4CCOC4=O)cc3)C=C2N=C(N)C1. The fourth-order valence-corrected chi connectivity index (χ4v) is 4.63. The summed E-state index contributed by atoms with van der Waals surface area (Å²) >= 11 is 0. The number of hydrogen-bond acceptors (Lipinski definition) is 5. The van der Waals surface area contributed by atoms with Crippen molar-refractivity contribution in [3.05, 3.63) is 77.5 Å². The van der Waals surface area contributed by atoms with Gasteiger partial charge in [0.1, 0.15) is 5.84 Å². The summed E-state index contributed by atoms with van der Waals surface area (Å²) < 4.78 is 5.09. The average Bonchev–Trinajstić information content (AvgIpc) is 3.16. The number of benzene rings is 1. The van der Waals surface area contributed by atoms with E-state index in [-0.39, 0.29) is 23.7 Å². The summed E-state index contributed by atoms with van der Waals surface area (Å²) in [5.74, 6) is 0.175. The monoisotopic (exact) mass is 445 g/mol. The zero-order valence-electron chi connectivity index (χ0n) is 19.1. The Hall–Kier alpha value is -3.41. The molecule has 1 fully saturated rings. The number of cyclic esters (lactones) is 1. The molecule has 33 heavy (non-hydrogen) atoms. The van der Waals surface area contributed by atoms with Crippen LogP contribution in [0.15, 0.2) is 71.4 Å². The van der Waals surface area contributed by atoms with E-state index in [1.165, 1.54) is 0 Å². The third kappa shape index (κ3) is 5.00. The van der Waals surface area contributed by atoms with E-state index in [1.54, 1.807) is 6.08 Å². The molecule has 2 N–H and O–H groups in total. The highest BCUT2D eigenvalue weighted by Crippen LogP contribution is 2.35. The predicted molar refractivity (Wildman–Crippen MR) is 130 cm³/mol. The number of ether oxygens (including phenoxy) is 1. The number of amides is 1. The van der Waals surface area contributed by atoms with Gasteiger partial charge in [0, 0.05) is 31.0 Å². The second-order valence-electron chi connectivity index (χ2n) is 8.71. The van der Waals surface area contributed by atoms with Gasteiger partial charge in [0.25, 0.3) is 0 Å². The molecule has 0 saturated carbocycles. The molecule has 1 aliphatic carbocycles. The Balaban J connectivity index is 1.54. The number of aliphatic imine (C=N–C) groups is 1. The second kappa shape index (κ2) is 10.0. The Morgan fingerprint density at radius 3 is 2.79 bits per heavy atom. The molecular formula is C27H31N3O3. The van der Waals surface area contributed by atoms with Gasteiger partial charge in [-0.25, -0.2) is 4.99 Å². The van der Waals surface area contributed by atoms with Crippen molar-refractivity contribution in [2.75, 3.05) is 19.7 Å². The second-order valence-corrected chi connectivity index (χ2v) is 8.71. The van der Waals surface area contributed by atoms with Crippen LogP contribution in [0.25, 0.3) is 5.57 Å². The van der Waals surface area contributed by atoms with E-state index >= 15 is 0 Å². The fourth-order valence-electron chi connectivity index (χ4n) is 4.63. The van der Waals surface area contributed by atoms with Gasteiger partial charge in [-0.1, -0.05) is 49.4 Å². The summed E-state index contributed by atoms with van der Waals surface area (Å²) in [6.07, 6.45) is 10.7. The van der Waals surface area contributed by atoms with Gasteiger partial charge < -0.3 is 15.4 Å². The van der Waals surface area contributed by atoms with Crippen LogP contribution < -0.4 is 5.73 Å². The Bertz CT molecular complexity index is 1060. The van der Waals surface area contributed by atoms with Crippen molar-refractivity contribution in [1.82, 2.24) is 4.90 Å². The first-order valence-corrected chi connectivity index (χ1v) is 11.6. The smallest absolute Gasteiger partial charge is 0.313 e. The van der Waals surface area contributed by atoms with Crippen LogP contribution in [0.1, 0.15) is 49.7 Å². The zero-order chi connectivity index (χ0) is 23.4. The molecule has 2 unspecified atom stereocenters. The molecule has 0 bridgehead atoms. The summed E-state index contributed by atoms with van der Waals surface area (Å²) in [4.78, 5) is 31.5. The van der Waals surface area contributed by atoms with Crippen LogP contribution in [-0.2, 0) is 14.3 Å². The van der Waals surface area contributed by atoms with E-state index in [0.717, 1.165) is 41.7 Å². The third-order valence-corrected chi connectivity index (χ3v) is 6.31. The van der Waals surface area contributed by atoms with Crippen LogP contribution >= 0.6 is 0 Å². The molecule has 6 nitrogen and oxygen atoms in total. The van der Waals surface area contributed by atoms with Gasteiger partial charge in [0.05, 0.1) is 18.2 Å². The number of carbonyl (C=O) groups excluding carboxylic acids is 2. The van der Waals surface area contributed by atoms with Crippen molar-refractivity contribution in [2.45, 2.75) is 38.5 Å². The van der Waals surface area contributed by atoms with Crippen LogP contribution in [0.4, 0.5) is 0 Å². The quantitative estimate of drug-likeness (QED) is 0.505. The van der Waals surface area contributed by atoms with Crippen LogP contribution in [0.5, 0.6) is 0 Å². The number of nitrogens with two attached hydrogens (primary N) is 1. The standard InChI is InChI=1S/C27H31N3O3/c1-3-12-30(13-4-2)26(31)22-15-21-10-9-20(16-24(21)29-25(28)17-22)18-5-7-19(8-6-18)23-11-14-33-27(23)32/h3,5-9,15-16,21,23H,1,4,10-14,17H2,2H3,(H2,28,29). The van der Waals surface area contributed by atoms with Crippen molar-refractivity contribution in [3.8, 4) is 0 Å². The molecule has 1 amide bonds. The first-order valence-electron chi connectivity index (χ1n) is 11.6. The number of amidine groups is 1. The summed E-state index contributed by atoms with van der Waals surface area (Å²) in [6.45, 7) is 7.53. The number of carbonyl (C=O) groups is 2. The Morgan fingerprint density at radius 2 is 2.12 bits per heavy atom. The average molecular weight is 446 g/mol. The molecule has 0 aromatic heterocycles. The molecule has 2 aliphatic heterocycles. The topological polar surface area (TPSA) is 85.0 Å². The van der Waals surface area contributed by atoms with Crippen molar-refractivity contribution in [3.63, 3.8) is 0 Å². The highest BCUT2D eigenvalue weighted by molar-refractivity contribution is 6.00. The predicted octanol–water partition coefficient (Wildman–Crippen LogP) is 4.12. The van der Waals surface area contributed by atoms with Gasteiger partial charge in [-0.2, -0.15) is 0 Å². The molecule has 4 rings (SSSR count). The van der Waals surface area contributed by atoms with Crippen molar-refractivity contribution in [2.24, 2.45) is 16.6 Å². The molecule has 2 atom stereocenters. The highest BCUT2D eigenvalue weighted by Gasteiger charge is 2.28. The summed E-state index contributed by atoms with van der Waals surface area (Å²) in [5, 5.41) is 0. The molecule has 0 spiro atoms. The number of nitrogens with zero attached hydrogens (tertiary/aromatic N) is 2. The maximum atomic E-state index is 13.1. The van der Waals surface area contributed by atoms with E-state index in [2.05, 4.69) is 30.6 Å². The van der Waals surface area contributed by atoms with Gasteiger partial charge in [-0.15, -0.1) is 6.58 Å². The van der Waals surface area contributed by atoms with Crippen LogP contribution in [0.2, 0.25) is 0 Å². The van der Waals surface area contributed by atoms with Crippen LogP contribution in [0.3, 0.4) is 0 Å². The van der Waals surface area contributed by atoms with Crippen LogP contribution in [0, 0.1) is 5.92 Å². The van der Waals surface area contributed by atoms with E-state index in [4.69, 9.17) is 10.5 Å². The van der Waals surface area contributed by atoms with E-state index < -0.39 is 0 Å². The molecule has 3 aliphatic rings. The zero-order valence-corrected chi connectivity index (χ0v) is 19.1. The largest absolute Gasteiger partial charge is 0.465 e. The molecular weight excluding hydrogens is 414 g/mol. The molecule has 1 saturated heterocycles. The number of fused-ring (bicyclic) bond motifs is 1. The first-order chi connectivity index (χ1) is 16.0. The summed E-state index contributed by atoms with van der Waals surface area (Å²) in [6, 6.07) is 8.08. The van der Waals surface area contributed by atoms with Crippen molar-refractivity contribution >= 4 is 23.3 Å². The van der Waals surface area contributed by atoms with E-state index in [0.29, 0.717) is 37.5 Å². The minimum atomic E-state index is -0.164.